The molecule has 0 saturated carbocycles. The van der Waals surface area contributed by atoms with Crippen molar-refractivity contribution in [3.8, 4) is 12.3 Å². The van der Waals surface area contributed by atoms with Gasteiger partial charge in [-0.3, -0.25) is 0 Å². The highest BCUT2D eigenvalue weighted by Gasteiger charge is 2.30. The van der Waals surface area contributed by atoms with Crippen LogP contribution >= 0.6 is 0 Å². The summed E-state index contributed by atoms with van der Waals surface area (Å²) in [6, 6.07) is -0.375. The summed E-state index contributed by atoms with van der Waals surface area (Å²) >= 11 is 0. The first-order valence-corrected chi connectivity index (χ1v) is 4.97. The zero-order valence-corrected chi connectivity index (χ0v) is 8.73. The Morgan fingerprint density at radius 1 is 1.44 bits per heavy atom. The molecule has 0 bridgehead atoms. The number of aliphatic carboxylic acids is 1. The summed E-state index contributed by atoms with van der Waals surface area (Å²) in [4.78, 5) is 21.7. The summed E-state index contributed by atoms with van der Waals surface area (Å²) in [6.07, 6.45) is 5.09. The second-order valence-corrected chi connectivity index (χ2v) is 3.43. The van der Waals surface area contributed by atoms with Gasteiger partial charge in [-0.05, 0) is 12.8 Å². The second kappa shape index (κ2) is 5.98. The van der Waals surface area contributed by atoms with E-state index in [4.69, 9.17) is 16.3 Å². The van der Waals surface area contributed by atoms with E-state index in [0.29, 0.717) is 19.4 Å². The fourth-order valence-corrected chi connectivity index (χ4v) is 1.44. The van der Waals surface area contributed by atoms with Crippen LogP contribution in [0, 0.1) is 12.3 Å². The molecule has 0 aromatic heterocycles. The fourth-order valence-electron chi connectivity index (χ4n) is 1.44. The van der Waals surface area contributed by atoms with Crippen LogP contribution in [0.4, 0.5) is 4.79 Å². The average Bonchev–Trinajstić information content (AvgIpc) is 2.72. The maximum Gasteiger partial charge on any atom is 0.332 e. The van der Waals surface area contributed by atoms with E-state index >= 15 is 0 Å². The van der Waals surface area contributed by atoms with Gasteiger partial charge in [-0.1, -0.05) is 5.92 Å². The van der Waals surface area contributed by atoms with Crippen molar-refractivity contribution in [3.63, 3.8) is 0 Å². The lowest BCUT2D eigenvalue weighted by Crippen LogP contribution is -2.40. The van der Waals surface area contributed by atoms with Gasteiger partial charge >= 0.3 is 12.0 Å². The van der Waals surface area contributed by atoms with Gasteiger partial charge in [0.2, 0.25) is 0 Å². The van der Waals surface area contributed by atoms with Crippen molar-refractivity contribution in [2.45, 2.75) is 25.0 Å². The summed E-state index contributed by atoms with van der Waals surface area (Å²) in [5.41, 5.74) is 0. The van der Waals surface area contributed by atoms with Crippen molar-refractivity contribution in [1.29, 1.82) is 0 Å². The number of hydrogen-bond acceptors (Lipinski definition) is 3. The Kier molecular flexibility index (Phi) is 4.61. The summed E-state index contributed by atoms with van der Waals surface area (Å²) in [6.45, 7) is 0.454. The molecular weight excluding hydrogens is 212 g/mol. The number of ether oxygens (including phenoxy) is 1. The van der Waals surface area contributed by atoms with Crippen LogP contribution in [-0.4, -0.2) is 42.4 Å². The van der Waals surface area contributed by atoms with E-state index in [1.807, 2.05) is 0 Å². The minimum Gasteiger partial charge on any atom is -0.479 e. The lowest BCUT2D eigenvalue weighted by Gasteiger charge is -2.12. The van der Waals surface area contributed by atoms with Crippen molar-refractivity contribution >= 4 is 12.0 Å². The van der Waals surface area contributed by atoms with E-state index in [0.717, 1.165) is 0 Å². The molecular formula is C10H14N2O4. The third-order valence-corrected chi connectivity index (χ3v) is 2.22. The molecule has 16 heavy (non-hydrogen) atoms. The highest BCUT2D eigenvalue weighted by atomic mass is 16.5. The molecule has 0 aliphatic carbocycles. The van der Waals surface area contributed by atoms with Crippen LogP contribution in [0.5, 0.6) is 0 Å². The van der Waals surface area contributed by atoms with Gasteiger partial charge in [0.15, 0.2) is 6.10 Å². The first kappa shape index (κ1) is 12.3. The molecule has 6 nitrogen and oxygen atoms in total. The molecule has 2 amide bonds. The maximum absolute atomic E-state index is 11.1. The SMILES string of the molecule is C#CCNC(=O)NCC1CCC(C(=O)O)O1. The fraction of sp³-hybridized carbons (Fsp3) is 0.600. The van der Waals surface area contributed by atoms with Crippen molar-refractivity contribution < 1.29 is 19.4 Å². The van der Waals surface area contributed by atoms with E-state index in [2.05, 4.69) is 16.6 Å². The Bertz CT molecular complexity index is 310. The van der Waals surface area contributed by atoms with E-state index in [1.54, 1.807) is 0 Å². The third-order valence-electron chi connectivity index (χ3n) is 2.22. The summed E-state index contributed by atoms with van der Waals surface area (Å²) in [5.74, 6) is 1.31. The Labute approximate surface area is 93.3 Å². The largest absolute Gasteiger partial charge is 0.479 e. The first-order chi connectivity index (χ1) is 7.63. The standard InChI is InChI=1S/C10H14N2O4/c1-2-5-11-10(15)12-6-7-3-4-8(16-7)9(13)14/h1,7-8H,3-6H2,(H,13,14)(H2,11,12,15). The zero-order valence-electron chi connectivity index (χ0n) is 8.73. The lowest BCUT2D eigenvalue weighted by atomic mass is 10.2. The summed E-state index contributed by atoms with van der Waals surface area (Å²) in [5, 5.41) is 13.7. The van der Waals surface area contributed by atoms with Crippen molar-refractivity contribution in [2.75, 3.05) is 13.1 Å². The van der Waals surface area contributed by atoms with Gasteiger partial charge in [0.25, 0.3) is 0 Å². The van der Waals surface area contributed by atoms with Crippen LogP contribution in [0.25, 0.3) is 0 Å². The van der Waals surface area contributed by atoms with Gasteiger partial charge in [0.1, 0.15) is 0 Å². The highest BCUT2D eigenvalue weighted by molar-refractivity contribution is 5.74. The predicted molar refractivity (Wildman–Crippen MR) is 55.8 cm³/mol. The van der Waals surface area contributed by atoms with Crippen molar-refractivity contribution in [2.24, 2.45) is 0 Å². The van der Waals surface area contributed by atoms with Gasteiger partial charge in [-0.25, -0.2) is 9.59 Å². The predicted octanol–water partition coefficient (Wildman–Crippen LogP) is -0.449. The molecule has 1 aliphatic rings. The molecule has 0 radical (unpaired) electrons. The Morgan fingerprint density at radius 3 is 2.75 bits per heavy atom. The molecule has 1 aliphatic heterocycles. The smallest absolute Gasteiger partial charge is 0.332 e. The summed E-state index contributed by atoms with van der Waals surface area (Å²) in [7, 11) is 0. The monoisotopic (exact) mass is 226 g/mol. The molecule has 0 spiro atoms. The molecule has 3 N–H and O–H groups in total. The highest BCUT2D eigenvalue weighted by Crippen LogP contribution is 2.18. The number of carboxylic acid groups (broad SMARTS) is 1. The van der Waals surface area contributed by atoms with E-state index in [1.165, 1.54) is 0 Å². The van der Waals surface area contributed by atoms with Gasteiger partial charge < -0.3 is 20.5 Å². The molecule has 0 aromatic carbocycles. The molecule has 1 rings (SSSR count). The number of nitrogens with one attached hydrogen (secondary N) is 2. The number of hydrogen-bond donors (Lipinski definition) is 3. The topological polar surface area (TPSA) is 87.7 Å². The van der Waals surface area contributed by atoms with Crippen LogP contribution in [0.3, 0.4) is 0 Å². The molecule has 1 heterocycles. The minimum atomic E-state index is -0.959. The second-order valence-electron chi connectivity index (χ2n) is 3.43. The van der Waals surface area contributed by atoms with Gasteiger partial charge in [0, 0.05) is 6.54 Å². The number of terminal acetylenes is 1. The lowest BCUT2D eigenvalue weighted by molar-refractivity contribution is -0.149. The minimum absolute atomic E-state index is 0.162. The number of amides is 2. The Hall–Kier alpha value is -1.74. The quantitative estimate of drug-likeness (QED) is 0.567. The van der Waals surface area contributed by atoms with Gasteiger partial charge in [-0.2, -0.15) is 0 Å². The Balaban J connectivity index is 2.18. The van der Waals surface area contributed by atoms with Crippen LogP contribution in [0.2, 0.25) is 0 Å². The molecule has 6 heteroatoms. The average molecular weight is 226 g/mol. The normalized spacial score (nSPS) is 23.4. The van der Waals surface area contributed by atoms with Gasteiger partial charge in [0.05, 0.1) is 12.6 Å². The summed E-state index contributed by atoms with van der Waals surface area (Å²) < 4.78 is 5.20. The molecule has 1 fully saturated rings. The number of rotatable bonds is 4. The van der Waals surface area contributed by atoms with Crippen LogP contribution in [0.15, 0.2) is 0 Å². The van der Waals surface area contributed by atoms with Crippen LogP contribution in [-0.2, 0) is 9.53 Å². The number of carbonyl (C=O) groups excluding carboxylic acids is 1. The van der Waals surface area contributed by atoms with Gasteiger partial charge in [-0.15, -0.1) is 6.42 Å². The number of carbonyl (C=O) groups is 2. The van der Waals surface area contributed by atoms with E-state index in [-0.39, 0.29) is 18.7 Å². The number of carboxylic acids is 1. The van der Waals surface area contributed by atoms with Crippen LogP contribution in [0.1, 0.15) is 12.8 Å². The third kappa shape index (κ3) is 3.79. The first-order valence-electron chi connectivity index (χ1n) is 4.97. The molecule has 88 valence electrons. The van der Waals surface area contributed by atoms with Crippen molar-refractivity contribution in [1.82, 2.24) is 10.6 Å². The molecule has 1 saturated heterocycles. The number of urea groups is 1. The van der Waals surface area contributed by atoms with E-state index < -0.39 is 12.1 Å². The van der Waals surface area contributed by atoms with E-state index in [9.17, 15) is 9.59 Å². The molecule has 2 atom stereocenters. The maximum atomic E-state index is 11.1. The molecule has 0 aromatic rings. The van der Waals surface area contributed by atoms with Crippen molar-refractivity contribution in [3.05, 3.63) is 0 Å². The van der Waals surface area contributed by atoms with Crippen LogP contribution < -0.4 is 10.6 Å². The molecule has 2 unspecified atom stereocenters. The zero-order chi connectivity index (χ0) is 12.0. The Morgan fingerprint density at radius 2 is 2.19 bits per heavy atom.